The summed E-state index contributed by atoms with van der Waals surface area (Å²) in [6.45, 7) is 7.03. The van der Waals surface area contributed by atoms with Crippen molar-refractivity contribution in [3.8, 4) is 6.07 Å². The van der Waals surface area contributed by atoms with Gasteiger partial charge in [-0.3, -0.25) is 4.98 Å². The van der Waals surface area contributed by atoms with Crippen LogP contribution in [-0.2, 0) is 4.74 Å². The van der Waals surface area contributed by atoms with Crippen molar-refractivity contribution in [2.24, 2.45) is 0 Å². The molecule has 3 atom stereocenters. The Morgan fingerprint density at radius 2 is 1.94 bits per heavy atom. The van der Waals surface area contributed by atoms with E-state index >= 15 is 0 Å². The lowest BCUT2D eigenvalue weighted by molar-refractivity contribution is -0.0295. The molecule has 0 aliphatic carbocycles. The Kier molecular flexibility index (Phi) is 5.59. The molecule has 158 valence electrons. The molecule has 2 aliphatic heterocycles. The van der Waals surface area contributed by atoms with Crippen LogP contribution in [0.1, 0.15) is 30.4 Å². The lowest BCUT2D eigenvalue weighted by Crippen LogP contribution is -2.50. The Balaban J connectivity index is 1.31. The van der Waals surface area contributed by atoms with Crippen LogP contribution in [0.5, 0.6) is 0 Å². The van der Waals surface area contributed by atoms with E-state index in [-0.39, 0.29) is 12.2 Å². The molecule has 0 saturated carbocycles. The summed E-state index contributed by atoms with van der Waals surface area (Å²) in [6, 6.07) is 21.1. The third-order valence-electron chi connectivity index (χ3n) is 6.54. The number of aromatic nitrogens is 1. The third-order valence-corrected chi connectivity index (χ3v) is 6.54. The van der Waals surface area contributed by atoms with Gasteiger partial charge in [-0.25, -0.2) is 0 Å². The fraction of sp³-hybridized carbons (Fsp3) is 0.385. The first-order valence-corrected chi connectivity index (χ1v) is 11.2. The molecule has 2 aliphatic rings. The van der Waals surface area contributed by atoms with Crippen LogP contribution < -0.4 is 4.90 Å². The minimum atomic E-state index is 0.161. The van der Waals surface area contributed by atoms with Gasteiger partial charge in [0.05, 0.1) is 23.3 Å². The van der Waals surface area contributed by atoms with Crippen LogP contribution in [0.2, 0.25) is 0 Å². The van der Waals surface area contributed by atoms with E-state index in [9.17, 15) is 5.26 Å². The minimum Gasteiger partial charge on any atom is -0.370 e. The Bertz CT molecular complexity index is 1090. The molecule has 3 aromatic rings. The molecule has 0 N–H and O–H groups in total. The maximum atomic E-state index is 9.45. The van der Waals surface area contributed by atoms with Crippen molar-refractivity contribution in [3.63, 3.8) is 0 Å². The molecular formula is C26H28N4O. The number of benzene rings is 2. The summed E-state index contributed by atoms with van der Waals surface area (Å²) in [6.07, 6.45) is 3.30. The average molecular weight is 413 g/mol. The summed E-state index contributed by atoms with van der Waals surface area (Å²) in [5, 5.41) is 10.5. The summed E-state index contributed by atoms with van der Waals surface area (Å²) in [5.41, 5.74) is 4.00. The second-order valence-corrected chi connectivity index (χ2v) is 8.77. The zero-order chi connectivity index (χ0) is 21.2. The van der Waals surface area contributed by atoms with Gasteiger partial charge in [0.15, 0.2) is 0 Å². The number of anilines is 1. The maximum Gasteiger partial charge on any atom is 0.101 e. The van der Waals surface area contributed by atoms with Gasteiger partial charge in [-0.05, 0) is 55.6 Å². The highest BCUT2D eigenvalue weighted by Crippen LogP contribution is 2.31. The third kappa shape index (κ3) is 4.14. The standard InChI is InChI=1S/C26H28N4O/c1-19-15-30(25-10-9-21(14-27)26-24(25)8-5-12-28-26)18-23(31-19)17-29-13-11-22(16-29)20-6-3-2-4-7-20/h2-10,12,19,22-23H,11,13,15-18H2,1H3/t19-,22?,23+/m1/s1. The first-order chi connectivity index (χ1) is 15.2. The van der Waals surface area contributed by atoms with Gasteiger partial charge in [0, 0.05) is 43.4 Å². The average Bonchev–Trinajstić information content (AvgIpc) is 3.27. The molecule has 5 nitrogen and oxygen atoms in total. The highest BCUT2D eigenvalue weighted by Gasteiger charge is 2.31. The molecule has 2 fully saturated rings. The molecule has 1 unspecified atom stereocenters. The quantitative estimate of drug-likeness (QED) is 0.643. The van der Waals surface area contributed by atoms with Crippen molar-refractivity contribution >= 4 is 16.6 Å². The Morgan fingerprint density at radius 3 is 2.77 bits per heavy atom. The van der Waals surface area contributed by atoms with Crippen LogP contribution in [0.4, 0.5) is 5.69 Å². The Morgan fingerprint density at radius 1 is 1.06 bits per heavy atom. The summed E-state index contributed by atoms with van der Waals surface area (Å²) in [7, 11) is 0. The van der Waals surface area contributed by atoms with E-state index in [0.29, 0.717) is 11.5 Å². The van der Waals surface area contributed by atoms with Crippen LogP contribution in [0.25, 0.3) is 10.9 Å². The van der Waals surface area contributed by atoms with Crippen LogP contribution in [-0.4, -0.2) is 54.8 Å². The number of pyridine rings is 1. The summed E-state index contributed by atoms with van der Waals surface area (Å²) in [4.78, 5) is 9.44. The first-order valence-electron chi connectivity index (χ1n) is 11.2. The number of nitrogens with zero attached hydrogens (tertiary/aromatic N) is 4. The molecule has 31 heavy (non-hydrogen) atoms. The highest BCUT2D eigenvalue weighted by atomic mass is 16.5. The molecule has 3 heterocycles. The van der Waals surface area contributed by atoms with Gasteiger partial charge in [-0.15, -0.1) is 0 Å². The molecule has 2 saturated heterocycles. The van der Waals surface area contributed by atoms with Crippen molar-refractivity contribution in [2.75, 3.05) is 37.6 Å². The van der Waals surface area contributed by atoms with E-state index in [4.69, 9.17) is 4.74 Å². The zero-order valence-electron chi connectivity index (χ0n) is 17.9. The topological polar surface area (TPSA) is 52.4 Å². The molecule has 5 heteroatoms. The van der Waals surface area contributed by atoms with E-state index in [0.717, 1.165) is 49.3 Å². The number of hydrogen-bond donors (Lipinski definition) is 0. The maximum absolute atomic E-state index is 9.45. The zero-order valence-corrected chi connectivity index (χ0v) is 17.9. The number of fused-ring (bicyclic) bond motifs is 1. The monoisotopic (exact) mass is 412 g/mol. The molecule has 0 spiro atoms. The van der Waals surface area contributed by atoms with Crippen LogP contribution in [0, 0.1) is 11.3 Å². The van der Waals surface area contributed by atoms with Crippen molar-refractivity contribution in [1.82, 2.24) is 9.88 Å². The molecular weight excluding hydrogens is 384 g/mol. The summed E-state index contributed by atoms with van der Waals surface area (Å²) < 4.78 is 6.35. The number of morpholine rings is 1. The minimum absolute atomic E-state index is 0.161. The second-order valence-electron chi connectivity index (χ2n) is 8.77. The number of likely N-dealkylation sites (tertiary alicyclic amines) is 1. The van der Waals surface area contributed by atoms with Crippen molar-refractivity contribution < 1.29 is 4.74 Å². The van der Waals surface area contributed by atoms with Gasteiger partial charge in [0.25, 0.3) is 0 Å². The fourth-order valence-corrected chi connectivity index (χ4v) is 5.15. The van der Waals surface area contributed by atoms with E-state index in [2.05, 4.69) is 70.2 Å². The van der Waals surface area contributed by atoms with Crippen LogP contribution in [0.3, 0.4) is 0 Å². The van der Waals surface area contributed by atoms with Crippen LogP contribution >= 0.6 is 0 Å². The molecule has 0 radical (unpaired) electrons. The first kappa shape index (κ1) is 20.0. The molecule has 0 amide bonds. The lowest BCUT2D eigenvalue weighted by atomic mass is 9.99. The number of ether oxygens (including phenoxy) is 1. The molecule has 5 rings (SSSR count). The van der Waals surface area contributed by atoms with Gasteiger partial charge in [0.2, 0.25) is 0 Å². The lowest BCUT2D eigenvalue weighted by Gasteiger charge is -2.40. The predicted octanol–water partition coefficient (Wildman–Crippen LogP) is 4.19. The van der Waals surface area contributed by atoms with Gasteiger partial charge in [-0.1, -0.05) is 30.3 Å². The van der Waals surface area contributed by atoms with Gasteiger partial charge < -0.3 is 14.5 Å². The van der Waals surface area contributed by atoms with Crippen molar-refractivity contribution in [2.45, 2.75) is 31.5 Å². The van der Waals surface area contributed by atoms with E-state index < -0.39 is 0 Å². The molecule has 1 aromatic heterocycles. The molecule has 0 bridgehead atoms. The largest absolute Gasteiger partial charge is 0.370 e. The van der Waals surface area contributed by atoms with E-state index in [1.54, 1.807) is 6.20 Å². The van der Waals surface area contributed by atoms with Crippen LogP contribution in [0.15, 0.2) is 60.8 Å². The van der Waals surface area contributed by atoms with Crippen molar-refractivity contribution in [1.29, 1.82) is 5.26 Å². The van der Waals surface area contributed by atoms with Gasteiger partial charge in [-0.2, -0.15) is 5.26 Å². The number of hydrogen-bond acceptors (Lipinski definition) is 5. The Labute approximate surface area is 183 Å². The smallest absolute Gasteiger partial charge is 0.101 e. The summed E-state index contributed by atoms with van der Waals surface area (Å²) in [5.74, 6) is 0.617. The fourth-order valence-electron chi connectivity index (χ4n) is 5.15. The number of rotatable bonds is 4. The van der Waals surface area contributed by atoms with Gasteiger partial charge >= 0.3 is 0 Å². The Hall–Kier alpha value is -2.94. The van der Waals surface area contributed by atoms with E-state index in [1.165, 1.54) is 12.0 Å². The summed E-state index contributed by atoms with van der Waals surface area (Å²) >= 11 is 0. The van der Waals surface area contributed by atoms with Crippen molar-refractivity contribution in [3.05, 3.63) is 71.9 Å². The van der Waals surface area contributed by atoms with Gasteiger partial charge in [0.1, 0.15) is 6.07 Å². The molecule has 2 aromatic carbocycles. The predicted molar refractivity (Wildman–Crippen MR) is 123 cm³/mol. The second kappa shape index (κ2) is 8.66. The normalized spacial score (nSPS) is 24.4. The van der Waals surface area contributed by atoms with E-state index in [1.807, 2.05) is 12.1 Å². The highest BCUT2D eigenvalue weighted by molar-refractivity contribution is 5.95. The number of nitriles is 1. The SMILES string of the molecule is C[C@@H]1CN(c2ccc(C#N)c3ncccc23)C[C@H](CN2CCC(c3ccccc3)C2)O1.